The molecule has 4 aromatic rings. The van der Waals surface area contributed by atoms with Crippen LogP contribution in [0.5, 0.6) is 0 Å². The summed E-state index contributed by atoms with van der Waals surface area (Å²) >= 11 is 1.28. The van der Waals surface area contributed by atoms with Gasteiger partial charge in [0.25, 0.3) is 0 Å². The van der Waals surface area contributed by atoms with Crippen LogP contribution < -0.4 is 0 Å². The molecule has 0 unspecified atom stereocenters. The maximum absolute atomic E-state index is 15.4. The average Bonchev–Trinajstić information content (AvgIpc) is 3.37. The largest absolute Gasteiger partial charge is 0.219 e. The van der Waals surface area contributed by atoms with Gasteiger partial charge < -0.3 is 0 Å². The Morgan fingerprint density at radius 1 is 0.694 bits per heavy atom. The van der Waals surface area contributed by atoms with Gasteiger partial charge in [-0.15, -0.1) is 11.3 Å². The van der Waals surface area contributed by atoms with E-state index in [1.165, 1.54) is 24.3 Å². The molecule has 182 valence electrons. The van der Waals surface area contributed by atoms with Crippen LogP contribution in [0.2, 0.25) is 0 Å². The lowest BCUT2D eigenvalue weighted by Crippen LogP contribution is -2.06. The molecule has 2 nitrogen and oxygen atoms in total. The standard InChI is InChI=1S/C28H18F4O2S2/c1-15-19(13-21(35-15)17-9-5-3-6-10-17)23-24(26(30)28(32)27(31)25(23)29)20-14-22(36(33,34)16(20)2)18-11-7-4-8-12-18/h3-14H,1-2H3. The molecule has 0 fully saturated rings. The molecule has 1 aliphatic heterocycles. The fourth-order valence-corrected chi connectivity index (χ4v) is 6.85. The molecule has 0 N–H and O–H groups in total. The van der Waals surface area contributed by atoms with Crippen LogP contribution >= 0.6 is 11.3 Å². The fraction of sp³-hybridized carbons (Fsp3) is 0.0714. The van der Waals surface area contributed by atoms with Gasteiger partial charge in [-0.25, -0.2) is 26.0 Å². The predicted molar refractivity (Wildman–Crippen MR) is 136 cm³/mol. The minimum atomic E-state index is -4.08. The number of hydrogen-bond donors (Lipinski definition) is 0. The Morgan fingerprint density at radius 3 is 1.81 bits per heavy atom. The van der Waals surface area contributed by atoms with E-state index in [1.54, 1.807) is 43.3 Å². The molecule has 0 saturated carbocycles. The Kier molecular flexibility index (Phi) is 5.97. The van der Waals surface area contributed by atoms with Gasteiger partial charge in [0, 0.05) is 26.5 Å². The number of halogens is 4. The van der Waals surface area contributed by atoms with E-state index in [0.29, 0.717) is 15.3 Å². The van der Waals surface area contributed by atoms with Crippen LogP contribution in [0.4, 0.5) is 17.6 Å². The maximum atomic E-state index is 15.4. The zero-order valence-electron chi connectivity index (χ0n) is 19.1. The van der Waals surface area contributed by atoms with E-state index in [2.05, 4.69) is 0 Å². The molecule has 0 spiro atoms. The van der Waals surface area contributed by atoms with Crippen LogP contribution in [0.25, 0.3) is 32.0 Å². The SMILES string of the molecule is CC1=C(c2c(F)c(F)c(F)c(F)c2-c2cc(-c3ccccc3)sc2C)C=C(c2ccccc2)S1(=O)=O. The van der Waals surface area contributed by atoms with Crippen molar-refractivity contribution in [2.45, 2.75) is 13.8 Å². The van der Waals surface area contributed by atoms with Gasteiger partial charge in [-0.1, -0.05) is 60.7 Å². The average molecular weight is 527 g/mol. The van der Waals surface area contributed by atoms with Gasteiger partial charge in [0.15, 0.2) is 23.3 Å². The van der Waals surface area contributed by atoms with Crippen molar-refractivity contribution in [2.24, 2.45) is 0 Å². The first kappa shape index (κ1) is 24.2. The van der Waals surface area contributed by atoms with Crippen molar-refractivity contribution < 1.29 is 26.0 Å². The third kappa shape index (κ3) is 3.72. The second-order valence-corrected chi connectivity index (χ2v) is 11.6. The quantitative estimate of drug-likeness (QED) is 0.153. The lowest BCUT2D eigenvalue weighted by Gasteiger charge is -2.14. The van der Waals surface area contributed by atoms with Crippen LogP contribution in [0.3, 0.4) is 0 Å². The first-order valence-electron chi connectivity index (χ1n) is 10.9. The van der Waals surface area contributed by atoms with E-state index in [9.17, 15) is 17.2 Å². The Balaban J connectivity index is 1.81. The monoisotopic (exact) mass is 526 g/mol. The summed E-state index contributed by atoms with van der Waals surface area (Å²) in [6, 6.07) is 18.8. The zero-order chi connectivity index (χ0) is 25.8. The highest BCUT2D eigenvalue weighted by molar-refractivity contribution is 8.04. The molecular formula is C28H18F4O2S2. The smallest absolute Gasteiger partial charge is 0.203 e. The topological polar surface area (TPSA) is 34.1 Å². The molecule has 0 radical (unpaired) electrons. The molecule has 0 bridgehead atoms. The summed E-state index contributed by atoms with van der Waals surface area (Å²) in [5, 5.41) is 0. The number of hydrogen-bond acceptors (Lipinski definition) is 3. The molecule has 8 heteroatoms. The van der Waals surface area contributed by atoms with Gasteiger partial charge in [0.1, 0.15) is 0 Å². The number of rotatable bonds is 4. The fourth-order valence-electron chi connectivity index (χ4n) is 4.32. The van der Waals surface area contributed by atoms with Gasteiger partial charge in [0.05, 0.1) is 9.81 Å². The van der Waals surface area contributed by atoms with Crippen LogP contribution in [-0.4, -0.2) is 8.42 Å². The Hall–Kier alpha value is -3.49. The van der Waals surface area contributed by atoms with E-state index < -0.39 is 44.2 Å². The molecule has 0 amide bonds. The Morgan fingerprint density at radius 2 is 1.22 bits per heavy atom. The number of aryl methyl sites for hydroxylation is 1. The van der Waals surface area contributed by atoms with Gasteiger partial charge in [-0.2, -0.15) is 0 Å². The van der Waals surface area contributed by atoms with Crippen molar-refractivity contribution in [3.63, 3.8) is 0 Å². The minimum absolute atomic E-state index is 0.127. The third-order valence-electron chi connectivity index (χ3n) is 6.19. The molecule has 0 saturated heterocycles. The highest BCUT2D eigenvalue weighted by atomic mass is 32.2. The summed E-state index contributed by atoms with van der Waals surface area (Å²) in [6.07, 6.45) is 1.19. The molecular weight excluding hydrogens is 508 g/mol. The molecule has 36 heavy (non-hydrogen) atoms. The van der Waals surface area contributed by atoms with E-state index in [0.717, 1.165) is 5.56 Å². The summed E-state index contributed by atoms with van der Waals surface area (Å²) in [6.45, 7) is 2.90. The van der Waals surface area contributed by atoms with Crippen molar-refractivity contribution in [1.82, 2.24) is 0 Å². The Bertz CT molecular complexity index is 1680. The van der Waals surface area contributed by atoms with Crippen molar-refractivity contribution >= 4 is 31.7 Å². The molecule has 5 rings (SSSR count). The van der Waals surface area contributed by atoms with Crippen molar-refractivity contribution in [1.29, 1.82) is 0 Å². The number of allylic oxidation sites excluding steroid dienone is 3. The second-order valence-electron chi connectivity index (χ2n) is 8.30. The summed E-state index contributed by atoms with van der Waals surface area (Å²) < 4.78 is 86.3. The lowest BCUT2D eigenvalue weighted by molar-refractivity contribution is 0.409. The van der Waals surface area contributed by atoms with E-state index in [-0.39, 0.29) is 20.9 Å². The molecule has 0 atom stereocenters. The third-order valence-corrected chi connectivity index (χ3v) is 9.25. The van der Waals surface area contributed by atoms with Gasteiger partial charge in [0.2, 0.25) is 9.84 Å². The summed E-state index contributed by atoms with van der Waals surface area (Å²) in [5.74, 6) is -7.18. The maximum Gasteiger partial charge on any atom is 0.203 e. The molecule has 2 heterocycles. The molecule has 3 aromatic carbocycles. The number of thiophene rings is 1. The lowest BCUT2D eigenvalue weighted by atomic mass is 9.92. The van der Waals surface area contributed by atoms with Crippen LogP contribution in [0.1, 0.15) is 22.9 Å². The van der Waals surface area contributed by atoms with Crippen molar-refractivity contribution in [3.8, 4) is 21.6 Å². The molecule has 1 aromatic heterocycles. The van der Waals surface area contributed by atoms with Crippen molar-refractivity contribution in [3.05, 3.63) is 117 Å². The summed E-state index contributed by atoms with van der Waals surface area (Å²) in [7, 11) is -4.08. The Labute approximate surface area is 209 Å². The first-order chi connectivity index (χ1) is 17.1. The predicted octanol–water partition coefficient (Wildman–Crippen LogP) is 8.15. The minimum Gasteiger partial charge on any atom is -0.219 e. The highest BCUT2D eigenvalue weighted by Crippen LogP contribution is 2.47. The zero-order valence-corrected chi connectivity index (χ0v) is 20.7. The molecule has 0 aliphatic carbocycles. The van der Waals surface area contributed by atoms with Crippen molar-refractivity contribution in [2.75, 3.05) is 0 Å². The van der Waals surface area contributed by atoms with Crippen LogP contribution in [-0.2, 0) is 9.84 Å². The summed E-state index contributed by atoms with van der Waals surface area (Å²) in [5.41, 5.74) is -0.0484. The number of benzene rings is 3. The summed E-state index contributed by atoms with van der Waals surface area (Å²) in [4.78, 5) is 0.843. The normalized spacial score (nSPS) is 14.9. The van der Waals surface area contributed by atoms with E-state index >= 15 is 8.78 Å². The van der Waals surface area contributed by atoms with E-state index in [1.807, 2.05) is 30.3 Å². The number of sulfone groups is 1. The highest BCUT2D eigenvalue weighted by Gasteiger charge is 2.36. The van der Waals surface area contributed by atoms with Crippen LogP contribution in [0.15, 0.2) is 77.7 Å². The second kappa shape index (κ2) is 8.87. The van der Waals surface area contributed by atoms with Gasteiger partial charge in [-0.3, -0.25) is 0 Å². The van der Waals surface area contributed by atoms with E-state index in [4.69, 9.17) is 0 Å². The van der Waals surface area contributed by atoms with Gasteiger partial charge in [-0.05, 0) is 42.7 Å². The first-order valence-corrected chi connectivity index (χ1v) is 13.2. The van der Waals surface area contributed by atoms with Crippen LogP contribution in [0, 0.1) is 30.2 Å². The molecule has 1 aliphatic rings. The van der Waals surface area contributed by atoms with Gasteiger partial charge >= 0.3 is 0 Å².